The fraction of sp³-hybridized carbons (Fsp3) is 0.440. The van der Waals surface area contributed by atoms with Crippen LogP contribution in [0.15, 0.2) is 36.4 Å². The Bertz CT molecular complexity index is 907. The molecule has 0 unspecified atom stereocenters. The molecule has 2 aromatic rings. The Kier molecular flexibility index (Phi) is 9.39. The number of rotatable bonds is 9. The van der Waals surface area contributed by atoms with E-state index in [1.54, 1.807) is 23.1 Å². The number of benzene rings is 2. The number of nitrogens with zero attached hydrogens (tertiary/aromatic N) is 1. The van der Waals surface area contributed by atoms with E-state index in [1.165, 1.54) is 0 Å². The molecule has 0 saturated carbocycles. The fourth-order valence-corrected chi connectivity index (χ4v) is 4.09. The Balaban J connectivity index is 2.34. The van der Waals surface area contributed by atoms with Crippen LogP contribution in [0.3, 0.4) is 0 Å². The lowest BCUT2D eigenvalue weighted by Gasteiger charge is -2.31. The number of nitrogens with one attached hydrogen (secondary N) is 1. The molecule has 2 rings (SSSR count). The molecule has 4 nitrogen and oxygen atoms in total. The van der Waals surface area contributed by atoms with Crippen LogP contribution in [0.4, 0.5) is 0 Å². The summed E-state index contributed by atoms with van der Waals surface area (Å²) in [5.41, 5.74) is 3.91. The van der Waals surface area contributed by atoms with Gasteiger partial charge in [-0.05, 0) is 49.4 Å². The largest absolute Gasteiger partial charge is 0.354 e. The van der Waals surface area contributed by atoms with Crippen LogP contribution in [0.25, 0.3) is 0 Å². The summed E-state index contributed by atoms with van der Waals surface area (Å²) in [6, 6.07) is 10.7. The fourth-order valence-electron chi connectivity index (χ4n) is 3.62. The Hall–Kier alpha value is -2.04. The van der Waals surface area contributed by atoms with Crippen molar-refractivity contribution in [2.75, 3.05) is 6.54 Å². The Morgan fingerprint density at radius 1 is 1.03 bits per heavy atom. The van der Waals surface area contributed by atoms with Crippen LogP contribution in [-0.2, 0) is 22.6 Å². The molecule has 2 aromatic carbocycles. The molecule has 0 aromatic heterocycles. The third-order valence-corrected chi connectivity index (χ3v) is 5.65. The Labute approximate surface area is 195 Å². The van der Waals surface area contributed by atoms with E-state index < -0.39 is 6.04 Å². The Morgan fingerprint density at radius 2 is 1.68 bits per heavy atom. The topological polar surface area (TPSA) is 49.4 Å². The van der Waals surface area contributed by atoms with E-state index in [-0.39, 0.29) is 24.8 Å². The van der Waals surface area contributed by atoms with Gasteiger partial charge in [0, 0.05) is 23.1 Å². The molecule has 1 N–H and O–H groups in total. The third-order valence-electron chi connectivity index (χ3n) is 5.06. The number of aryl methyl sites for hydroxylation is 2. The second-order valence-corrected chi connectivity index (χ2v) is 9.34. The zero-order valence-corrected chi connectivity index (χ0v) is 20.5. The maximum atomic E-state index is 13.4. The van der Waals surface area contributed by atoms with Crippen molar-refractivity contribution in [1.82, 2.24) is 10.2 Å². The number of amides is 2. The number of hydrogen-bond acceptors (Lipinski definition) is 2. The van der Waals surface area contributed by atoms with Gasteiger partial charge in [-0.3, -0.25) is 9.59 Å². The van der Waals surface area contributed by atoms with Gasteiger partial charge in [0.05, 0.1) is 6.42 Å². The first-order chi connectivity index (χ1) is 14.6. The summed E-state index contributed by atoms with van der Waals surface area (Å²) in [4.78, 5) is 28.0. The van der Waals surface area contributed by atoms with E-state index in [0.29, 0.717) is 28.9 Å². The van der Waals surface area contributed by atoms with Gasteiger partial charge in [-0.25, -0.2) is 0 Å². The second-order valence-electron chi connectivity index (χ2n) is 8.49. The molecule has 0 spiro atoms. The van der Waals surface area contributed by atoms with Crippen molar-refractivity contribution in [2.24, 2.45) is 5.92 Å². The first kappa shape index (κ1) is 25.2. The van der Waals surface area contributed by atoms with Crippen molar-refractivity contribution in [2.45, 2.75) is 60.0 Å². The lowest BCUT2D eigenvalue weighted by atomic mass is 10.0. The van der Waals surface area contributed by atoms with Gasteiger partial charge in [-0.2, -0.15) is 0 Å². The highest BCUT2D eigenvalue weighted by atomic mass is 35.5. The highest BCUT2D eigenvalue weighted by Crippen LogP contribution is 2.24. The van der Waals surface area contributed by atoms with E-state index in [4.69, 9.17) is 23.2 Å². The van der Waals surface area contributed by atoms with Crippen molar-refractivity contribution < 1.29 is 9.59 Å². The standard InChI is InChI=1S/C25H32Cl2N2O2/c1-6-23(25(31)28-14-16(2)3)29(15-20-7-8-21(26)13-22(20)27)24(30)12-19-10-17(4)9-18(5)11-19/h7-11,13,16,23H,6,12,14-15H2,1-5H3,(H,28,31)/t23-/m0/s1. The summed E-state index contributed by atoms with van der Waals surface area (Å²) in [5.74, 6) is 0.0733. The minimum atomic E-state index is -0.580. The van der Waals surface area contributed by atoms with Crippen molar-refractivity contribution in [3.8, 4) is 0 Å². The van der Waals surface area contributed by atoms with Gasteiger partial charge < -0.3 is 10.2 Å². The number of hydrogen-bond donors (Lipinski definition) is 1. The summed E-state index contributed by atoms with van der Waals surface area (Å²) in [7, 11) is 0. The van der Waals surface area contributed by atoms with Crippen LogP contribution >= 0.6 is 23.2 Å². The molecule has 31 heavy (non-hydrogen) atoms. The summed E-state index contributed by atoms with van der Waals surface area (Å²) in [5, 5.41) is 3.98. The molecule has 0 saturated heterocycles. The Morgan fingerprint density at radius 3 is 2.23 bits per heavy atom. The molecule has 0 aliphatic carbocycles. The normalized spacial score (nSPS) is 12.0. The smallest absolute Gasteiger partial charge is 0.242 e. The zero-order chi connectivity index (χ0) is 23.1. The highest BCUT2D eigenvalue weighted by Gasteiger charge is 2.29. The van der Waals surface area contributed by atoms with E-state index in [2.05, 4.69) is 11.4 Å². The first-order valence-corrected chi connectivity index (χ1v) is 11.4. The SMILES string of the molecule is CC[C@@H](C(=O)NCC(C)C)N(Cc1ccc(Cl)cc1Cl)C(=O)Cc1cc(C)cc(C)c1. The maximum Gasteiger partial charge on any atom is 0.242 e. The van der Waals surface area contributed by atoms with Crippen molar-refractivity contribution in [3.05, 3.63) is 68.7 Å². The predicted molar refractivity (Wildman–Crippen MR) is 129 cm³/mol. The minimum Gasteiger partial charge on any atom is -0.354 e. The average Bonchev–Trinajstić information content (AvgIpc) is 2.66. The van der Waals surface area contributed by atoms with Crippen molar-refractivity contribution >= 4 is 35.0 Å². The average molecular weight is 463 g/mol. The van der Waals surface area contributed by atoms with Crippen LogP contribution in [0.2, 0.25) is 10.0 Å². The van der Waals surface area contributed by atoms with Gasteiger partial charge in [0.2, 0.25) is 11.8 Å². The first-order valence-electron chi connectivity index (χ1n) is 10.7. The molecule has 2 amide bonds. The molecule has 0 fully saturated rings. The number of carbonyl (C=O) groups is 2. The lowest BCUT2D eigenvalue weighted by Crippen LogP contribution is -2.50. The molecule has 1 atom stereocenters. The van der Waals surface area contributed by atoms with Crippen molar-refractivity contribution in [1.29, 1.82) is 0 Å². The molecule has 6 heteroatoms. The van der Waals surface area contributed by atoms with Crippen LogP contribution in [0, 0.1) is 19.8 Å². The zero-order valence-electron chi connectivity index (χ0n) is 19.0. The summed E-state index contributed by atoms with van der Waals surface area (Å²) >= 11 is 12.4. The minimum absolute atomic E-state index is 0.109. The molecule has 0 bridgehead atoms. The van der Waals surface area contributed by atoms with Gasteiger partial charge in [0.25, 0.3) is 0 Å². The number of carbonyl (C=O) groups excluding carboxylic acids is 2. The van der Waals surface area contributed by atoms with Crippen LogP contribution < -0.4 is 5.32 Å². The molecular weight excluding hydrogens is 431 g/mol. The summed E-state index contributed by atoms with van der Waals surface area (Å²) in [6.07, 6.45) is 0.732. The van der Waals surface area contributed by atoms with Gasteiger partial charge in [0.1, 0.15) is 6.04 Å². The van der Waals surface area contributed by atoms with E-state index >= 15 is 0 Å². The lowest BCUT2D eigenvalue weighted by molar-refractivity contribution is -0.141. The van der Waals surface area contributed by atoms with Gasteiger partial charge in [-0.1, -0.05) is 79.4 Å². The van der Waals surface area contributed by atoms with Crippen molar-refractivity contribution in [3.63, 3.8) is 0 Å². The van der Waals surface area contributed by atoms with E-state index in [9.17, 15) is 9.59 Å². The summed E-state index contributed by atoms with van der Waals surface area (Å²) in [6.45, 7) is 10.8. The monoisotopic (exact) mass is 462 g/mol. The van der Waals surface area contributed by atoms with Gasteiger partial charge in [0.15, 0.2) is 0 Å². The van der Waals surface area contributed by atoms with Gasteiger partial charge in [-0.15, -0.1) is 0 Å². The summed E-state index contributed by atoms with van der Waals surface area (Å²) < 4.78 is 0. The molecule has 0 aliphatic rings. The van der Waals surface area contributed by atoms with Crippen LogP contribution in [0.1, 0.15) is 49.4 Å². The molecular formula is C25H32Cl2N2O2. The van der Waals surface area contributed by atoms with Gasteiger partial charge >= 0.3 is 0 Å². The second kappa shape index (κ2) is 11.5. The van der Waals surface area contributed by atoms with E-state index in [1.807, 2.05) is 46.8 Å². The van der Waals surface area contributed by atoms with Crippen LogP contribution in [-0.4, -0.2) is 29.3 Å². The molecule has 168 valence electrons. The maximum absolute atomic E-state index is 13.4. The molecule has 0 aliphatic heterocycles. The van der Waals surface area contributed by atoms with Crippen LogP contribution in [0.5, 0.6) is 0 Å². The molecule has 0 radical (unpaired) electrons. The quantitative estimate of drug-likeness (QED) is 0.516. The van der Waals surface area contributed by atoms with E-state index in [0.717, 1.165) is 22.3 Å². The number of halogens is 2. The predicted octanol–water partition coefficient (Wildman–Crippen LogP) is 5.73. The molecule has 0 heterocycles. The third kappa shape index (κ3) is 7.55. The highest BCUT2D eigenvalue weighted by molar-refractivity contribution is 6.35.